The van der Waals surface area contributed by atoms with Crippen molar-refractivity contribution >= 4 is 29.0 Å². The lowest BCUT2D eigenvalue weighted by molar-refractivity contribution is -0.117. The number of fused-ring (bicyclic) bond motifs is 1. The Balaban J connectivity index is 2.05. The topological polar surface area (TPSA) is 58.1 Å². The third-order valence-corrected chi connectivity index (χ3v) is 4.17. The summed E-state index contributed by atoms with van der Waals surface area (Å²) in [6.07, 6.45) is 7.02. The highest BCUT2D eigenvalue weighted by Gasteiger charge is 2.38. The second-order valence-corrected chi connectivity index (χ2v) is 5.47. The Morgan fingerprint density at radius 1 is 1.47 bits per heavy atom. The van der Waals surface area contributed by atoms with Gasteiger partial charge in [-0.2, -0.15) is 4.98 Å². The van der Waals surface area contributed by atoms with Crippen molar-refractivity contribution in [1.82, 2.24) is 9.97 Å². The summed E-state index contributed by atoms with van der Waals surface area (Å²) in [6, 6.07) is 0.238. The van der Waals surface area contributed by atoms with Crippen LogP contribution in [-0.2, 0) is 4.79 Å². The van der Waals surface area contributed by atoms with E-state index in [0.717, 1.165) is 25.1 Å². The van der Waals surface area contributed by atoms with Crippen LogP contribution in [0.5, 0.6) is 0 Å². The van der Waals surface area contributed by atoms with Gasteiger partial charge in [0, 0.05) is 6.04 Å². The number of amides is 1. The Labute approximate surface area is 117 Å². The number of nitrogens with zero attached hydrogens (tertiary/aromatic N) is 3. The van der Waals surface area contributed by atoms with E-state index >= 15 is 0 Å². The number of carbonyl (C=O) groups is 1. The summed E-state index contributed by atoms with van der Waals surface area (Å²) in [5.41, 5.74) is 0.672. The van der Waals surface area contributed by atoms with E-state index in [1.165, 1.54) is 12.8 Å². The normalized spacial score (nSPS) is 23.4. The van der Waals surface area contributed by atoms with Gasteiger partial charge in [0.05, 0.1) is 6.20 Å². The number of nitrogens with one attached hydrogen (secondary N) is 1. The van der Waals surface area contributed by atoms with Crippen LogP contribution in [0.25, 0.3) is 0 Å². The zero-order valence-corrected chi connectivity index (χ0v) is 11.7. The molecule has 2 heterocycles. The molecule has 1 N–H and O–H groups in total. The van der Waals surface area contributed by atoms with Gasteiger partial charge in [-0.3, -0.25) is 4.79 Å². The lowest BCUT2D eigenvalue weighted by atomic mass is 10.0. The standard InChI is InChI=1S/C13H17ClN4O/c1-2-10-12(19)16-9-7-15-13(14)17-11(9)18(10)8-5-3-4-6-8/h7-8,10H,2-6H2,1H3,(H,16,19). The van der Waals surface area contributed by atoms with Gasteiger partial charge in [0.2, 0.25) is 11.2 Å². The second-order valence-electron chi connectivity index (χ2n) is 5.14. The average molecular weight is 281 g/mol. The first-order chi connectivity index (χ1) is 9.20. The number of hydrogen-bond donors (Lipinski definition) is 1. The third-order valence-electron chi connectivity index (χ3n) is 3.98. The van der Waals surface area contributed by atoms with Crippen LogP contribution >= 0.6 is 11.6 Å². The van der Waals surface area contributed by atoms with Crippen molar-refractivity contribution in [2.45, 2.75) is 51.1 Å². The Kier molecular flexibility index (Phi) is 3.31. The summed E-state index contributed by atoms with van der Waals surface area (Å²) in [5.74, 6) is 0.811. The van der Waals surface area contributed by atoms with E-state index in [-0.39, 0.29) is 17.2 Å². The van der Waals surface area contributed by atoms with E-state index < -0.39 is 0 Å². The molecule has 1 saturated carbocycles. The SMILES string of the molecule is CCC1C(=O)Nc2cnc(Cl)nc2N1C1CCCC1. The number of anilines is 2. The molecule has 1 aromatic rings. The van der Waals surface area contributed by atoms with Crippen molar-refractivity contribution in [1.29, 1.82) is 0 Å². The molecule has 19 heavy (non-hydrogen) atoms. The fourth-order valence-electron chi connectivity index (χ4n) is 3.12. The molecule has 1 amide bonds. The van der Waals surface area contributed by atoms with Crippen molar-refractivity contribution in [2.24, 2.45) is 0 Å². The van der Waals surface area contributed by atoms with Crippen LogP contribution in [0, 0.1) is 0 Å². The molecule has 1 atom stereocenters. The Bertz CT molecular complexity index is 501. The van der Waals surface area contributed by atoms with Crippen molar-refractivity contribution in [2.75, 3.05) is 10.2 Å². The number of aromatic nitrogens is 2. The van der Waals surface area contributed by atoms with Gasteiger partial charge in [-0.1, -0.05) is 19.8 Å². The van der Waals surface area contributed by atoms with E-state index in [2.05, 4.69) is 20.2 Å². The van der Waals surface area contributed by atoms with Gasteiger partial charge in [0.25, 0.3) is 0 Å². The summed E-state index contributed by atoms with van der Waals surface area (Å²) < 4.78 is 0. The number of carbonyl (C=O) groups excluding carboxylic acids is 1. The van der Waals surface area contributed by atoms with Crippen LogP contribution in [0.1, 0.15) is 39.0 Å². The molecule has 3 rings (SSSR count). The highest BCUT2D eigenvalue weighted by molar-refractivity contribution is 6.28. The summed E-state index contributed by atoms with van der Waals surface area (Å²) in [6.45, 7) is 2.03. The van der Waals surface area contributed by atoms with Crippen LogP contribution in [-0.4, -0.2) is 28.0 Å². The monoisotopic (exact) mass is 280 g/mol. The lowest BCUT2D eigenvalue weighted by Crippen LogP contribution is -2.52. The van der Waals surface area contributed by atoms with Gasteiger partial charge in [-0.15, -0.1) is 0 Å². The van der Waals surface area contributed by atoms with E-state index in [4.69, 9.17) is 11.6 Å². The van der Waals surface area contributed by atoms with E-state index in [1.807, 2.05) is 6.92 Å². The molecule has 5 nitrogen and oxygen atoms in total. The van der Waals surface area contributed by atoms with Crippen LogP contribution in [0.2, 0.25) is 5.28 Å². The molecule has 0 aromatic carbocycles. The molecule has 0 bridgehead atoms. The van der Waals surface area contributed by atoms with Crippen LogP contribution < -0.4 is 10.2 Å². The minimum absolute atomic E-state index is 0.0350. The third kappa shape index (κ3) is 2.16. The largest absolute Gasteiger partial charge is 0.340 e. The average Bonchev–Trinajstić information content (AvgIpc) is 2.91. The molecule has 1 aliphatic heterocycles. The minimum atomic E-state index is -0.151. The summed E-state index contributed by atoms with van der Waals surface area (Å²) >= 11 is 5.91. The van der Waals surface area contributed by atoms with Gasteiger partial charge < -0.3 is 10.2 Å². The predicted molar refractivity (Wildman–Crippen MR) is 74.5 cm³/mol. The summed E-state index contributed by atoms with van der Waals surface area (Å²) in [5, 5.41) is 3.11. The van der Waals surface area contributed by atoms with Crippen LogP contribution in [0.3, 0.4) is 0 Å². The molecule has 1 fully saturated rings. The maximum absolute atomic E-state index is 12.2. The molecular formula is C13H17ClN4O. The van der Waals surface area contributed by atoms with E-state index in [9.17, 15) is 4.79 Å². The van der Waals surface area contributed by atoms with Gasteiger partial charge in [-0.25, -0.2) is 4.98 Å². The zero-order valence-electron chi connectivity index (χ0n) is 10.9. The fraction of sp³-hybridized carbons (Fsp3) is 0.615. The summed E-state index contributed by atoms with van der Waals surface area (Å²) in [7, 11) is 0. The van der Waals surface area contributed by atoms with Crippen LogP contribution in [0.4, 0.5) is 11.5 Å². The van der Waals surface area contributed by atoms with E-state index in [0.29, 0.717) is 11.7 Å². The van der Waals surface area contributed by atoms with Gasteiger partial charge in [0.15, 0.2) is 5.82 Å². The number of rotatable bonds is 2. The van der Waals surface area contributed by atoms with Crippen molar-refractivity contribution < 1.29 is 4.79 Å². The quantitative estimate of drug-likeness (QED) is 0.846. The smallest absolute Gasteiger partial charge is 0.247 e. The minimum Gasteiger partial charge on any atom is -0.340 e. The maximum Gasteiger partial charge on any atom is 0.247 e. The molecule has 0 spiro atoms. The predicted octanol–water partition coefficient (Wildman–Crippen LogP) is 2.61. The fourth-order valence-corrected chi connectivity index (χ4v) is 3.25. The summed E-state index contributed by atoms with van der Waals surface area (Å²) in [4.78, 5) is 22.6. The first-order valence-electron chi connectivity index (χ1n) is 6.82. The molecule has 6 heteroatoms. The highest BCUT2D eigenvalue weighted by atomic mass is 35.5. The zero-order chi connectivity index (χ0) is 13.4. The molecule has 2 aliphatic rings. The van der Waals surface area contributed by atoms with Gasteiger partial charge in [-0.05, 0) is 30.9 Å². The number of halogens is 1. The van der Waals surface area contributed by atoms with Crippen molar-refractivity contribution in [3.8, 4) is 0 Å². The van der Waals surface area contributed by atoms with Crippen molar-refractivity contribution in [3.05, 3.63) is 11.5 Å². The second kappa shape index (κ2) is 4.96. The molecule has 1 aromatic heterocycles. The Morgan fingerprint density at radius 3 is 2.89 bits per heavy atom. The molecule has 1 unspecified atom stereocenters. The highest BCUT2D eigenvalue weighted by Crippen LogP contribution is 2.37. The van der Waals surface area contributed by atoms with E-state index in [1.54, 1.807) is 6.20 Å². The molecule has 0 saturated heterocycles. The lowest BCUT2D eigenvalue weighted by Gasteiger charge is -2.40. The van der Waals surface area contributed by atoms with Gasteiger partial charge in [0.1, 0.15) is 11.7 Å². The van der Waals surface area contributed by atoms with Crippen molar-refractivity contribution in [3.63, 3.8) is 0 Å². The molecule has 0 radical (unpaired) electrons. The number of hydrogen-bond acceptors (Lipinski definition) is 4. The Morgan fingerprint density at radius 2 is 2.21 bits per heavy atom. The van der Waals surface area contributed by atoms with Crippen LogP contribution in [0.15, 0.2) is 6.20 Å². The molecule has 102 valence electrons. The first kappa shape index (κ1) is 12.7. The van der Waals surface area contributed by atoms with Gasteiger partial charge >= 0.3 is 0 Å². The maximum atomic E-state index is 12.2. The Hall–Kier alpha value is -1.36. The molecule has 1 aliphatic carbocycles. The molecular weight excluding hydrogens is 264 g/mol. The first-order valence-corrected chi connectivity index (χ1v) is 7.20.